The van der Waals surface area contributed by atoms with E-state index in [1.54, 1.807) is 6.07 Å². The van der Waals surface area contributed by atoms with Crippen LogP contribution in [0.15, 0.2) is 188 Å². The van der Waals surface area contributed by atoms with Crippen LogP contribution in [0.25, 0.3) is 94.8 Å². The molecule has 6 heteroatoms. The van der Waals surface area contributed by atoms with Crippen molar-refractivity contribution in [1.29, 1.82) is 0 Å². The molecule has 0 atom stereocenters. The Morgan fingerprint density at radius 3 is 1.79 bits per heavy atom. The highest BCUT2D eigenvalue weighted by atomic mass is 19.4. The number of nitrogens with zero attached hydrogens (tertiary/aromatic N) is 3. The van der Waals surface area contributed by atoms with Gasteiger partial charge < -0.3 is 4.57 Å². The third-order valence-electron chi connectivity index (χ3n) is 12.6. The Kier molecular flexibility index (Phi) is 8.84. The van der Waals surface area contributed by atoms with Crippen LogP contribution in [0.2, 0.25) is 0 Å². The van der Waals surface area contributed by atoms with Gasteiger partial charge in [-0.05, 0) is 82.8 Å². The van der Waals surface area contributed by atoms with Gasteiger partial charge in [-0.3, -0.25) is 0 Å². The Morgan fingerprint density at radius 1 is 0.476 bits per heavy atom. The van der Waals surface area contributed by atoms with E-state index in [9.17, 15) is 13.2 Å². The Labute approximate surface area is 363 Å². The first-order chi connectivity index (χ1) is 30.5. The summed E-state index contributed by atoms with van der Waals surface area (Å²) in [6.45, 7) is 6.64. The minimum absolute atomic E-state index is 0.312. The van der Waals surface area contributed by atoms with Gasteiger partial charge in [0.1, 0.15) is 0 Å². The lowest BCUT2D eigenvalue weighted by Crippen LogP contribution is -2.15. The smallest absolute Gasteiger partial charge is 0.308 e. The molecule has 3 nitrogen and oxygen atoms in total. The standard InChI is InChI=1S/C57H40F3N3/c1-35-16-14-21-38(30-35)45-32-40(49-34-48(36-17-6-4-7-18-36)61-55(62-49)37-19-8-5-9-20-37)33-46(39-22-15-23-41(31-39)57(58,59)60)54(45)63-50-27-13-11-25-44(50)52-51(63)29-28-43-42-24-10-12-26-47(42)56(2,3)53(43)52/h4-34H,1-3H3. The molecule has 0 saturated carbocycles. The molecule has 0 fully saturated rings. The molecule has 11 rings (SSSR count). The van der Waals surface area contributed by atoms with Crippen molar-refractivity contribution in [2.45, 2.75) is 32.4 Å². The molecular formula is C57H40F3N3. The molecule has 0 bridgehead atoms. The largest absolute Gasteiger partial charge is 0.416 e. The molecule has 304 valence electrons. The molecule has 2 heterocycles. The fraction of sp³-hybridized carbons (Fsp3) is 0.0877. The van der Waals surface area contributed by atoms with Gasteiger partial charge in [0.25, 0.3) is 0 Å². The monoisotopic (exact) mass is 823 g/mol. The topological polar surface area (TPSA) is 30.7 Å². The van der Waals surface area contributed by atoms with Gasteiger partial charge in [0.05, 0.1) is 33.7 Å². The van der Waals surface area contributed by atoms with Crippen molar-refractivity contribution in [3.05, 3.63) is 210 Å². The molecule has 0 N–H and O–H groups in total. The average Bonchev–Trinajstić information content (AvgIpc) is 3.76. The van der Waals surface area contributed by atoms with Gasteiger partial charge in [-0.25, -0.2) is 9.97 Å². The van der Waals surface area contributed by atoms with E-state index in [1.165, 1.54) is 34.4 Å². The predicted octanol–water partition coefficient (Wildman–Crippen LogP) is 15.5. The number of hydrogen-bond acceptors (Lipinski definition) is 2. The molecule has 1 aliphatic rings. The summed E-state index contributed by atoms with van der Waals surface area (Å²) in [7, 11) is 0. The van der Waals surface area contributed by atoms with Crippen LogP contribution in [0, 0.1) is 6.92 Å². The average molecular weight is 824 g/mol. The van der Waals surface area contributed by atoms with Crippen molar-refractivity contribution in [1.82, 2.24) is 14.5 Å². The number of para-hydroxylation sites is 1. The van der Waals surface area contributed by atoms with Gasteiger partial charge in [0.2, 0.25) is 0 Å². The molecule has 0 amide bonds. The lowest BCUT2D eigenvalue weighted by atomic mass is 9.80. The van der Waals surface area contributed by atoms with Crippen molar-refractivity contribution in [2.75, 3.05) is 0 Å². The van der Waals surface area contributed by atoms with E-state index in [0.717, 1.165) is 72.6 Å². The zero-order valence-corrected chi connectivity index (χ0v) is 34.9. The number of rotatable bonds is 6. The summed E-state index contributed by atoms with van der Waals surface area (Å²) in [5.41, 5.74) is 14.5. The molecule has 10 aromatic rings. The van der Waals surface area contributed by atoms with Crippen LogP contribution in [0.3, 0.4) is 0 Å². The van der Waals surface area contributed by atoms with Gasteiger partial charge >= 0.3 is 6.18 Å². The lowest BCUT2D eigenvalue weighted by Gasteiger charge is -2.23. The molecular weight excluding hydrogens is 784 g/mol. The second kappa shape index (κ2) is 14.5. The summed E-state index contributed by atoms with van der Waals surface area (Å²) in [6.07, 6.45) is -4.55. The minimum Gasteiger partial charge on any atom is -0.308 e. The summed E-state index contributed by atoms with van der Waals surface area (Å²) < 4.78 is 46.4. The van der Waals surface area contributed by atoms with Gasteiger partial charge in [0, 0.05) is 44.0 Å². The number of benzene rings is 8. The maximum absolute atomic E-state index is 14.7. The second-order valence-corrected chi connectivity index (χ2v) is 17.0. The zero-order chi connectivity index (χ0) is 43.0. The van der Waals surface area contributed by atoms with Gasteiger partial charge in [0.15, 0.2) is 5.82 Å². The minimum atomic E-state index is -4.55. The van der Waals surface area contributed by atoms with Crippen LogP contribution < -0.4 is 0 Å². The first-order valence-electron chi connectivity index (χ1n) is 21.1. The number of fused-ring (bicyclic) bond motifs is 7. The molecule has 1 aliphatic carbocycles. The number of aryl methyl sites for hydroxylation is 1. The van der Waals surface area contributed by atoms with Crippen LogP contribution in [0.1, 0.15) is 36.1 Å². The maximum Gasteiger partial charge on any atom is 0.416 e. The number of hydrogen-bond donors (Lipinski definition) is 0. The van der Waals surface area contributed by atoms with Gasteiger partial charge in [-0.2, -0.15) is 13.2 Å². The van der Waals surface area contributed by atoms with Crippen molar-refractivity contribution in [2.24, 2.45) is 0 Å². The fourth-order valence-corrected chi connectivity index (χ4v) is 9.78. The van der Waals surface area contributed by atoms with Crippen LogP contribution >= 0.6 is 0 Å². The number of alkyl halides is 3. The van der Waals surface area contributed by atoms with Crippen molar-refractivity contribution >= 4 is 21.8 Å². The highest BCUT2D eigenvalue weighted by Crippen LogP contribution is 2.54. The van der Waals surface area contributed by atoms with E-state index in [0.29, 0.717) is 22.6 Å². The Bertz CT molecular complexity index is 3360. The predicted molar refractivity (Wildman–Crippen MR) is 251 cm³/mol. The summed E-state index contributed by atoms with van der Waals surface area (Å²) in [5.74, 6) is 0.550. The molecule has 0 aliphatic heterocycles. The SMILES string of the molecule is Cc1cccc(-c2cc(-c3cc(-c4ccccc4)nc(-c4ccccc4)n3)cc(-c3cccc(C(F)(F)F)c3)c2-n2c3ccccc3c3c4c(ccc32)-c2ccccc2C4(C)C)c1. The van der Waals surface area contributed by atoms with E-state index in [4.69, 9.17) is 9.97 Å². The summed E-state index contributed by atoms with van der Waals surface area (Å²) in [4.78, 5) is 10.3. The lowest BCUT2D eigenvalue weighted by molar-refractivity contribution is -0.137. The van der Waals surface area contributed by atoms with E-state index in [-0.39, 0.29) is 5.41 Å². The number of halogens is 3. The van der Waals surface area contributed by atoms with Crippen LogP contribution in [0.5, 0.6) is 0 Å². The highest BCUT2D eigenvalue weighted by Gasteiger charge is 2.38. The van der Waals surface area contributed by atoms with Crippen LogP contribution in [0.4, 0.5) is 13.2 Å². The molecule has 0 saturated heterocycles. The third kappa shape index (κ3) is 6.36. The van der Waals surface area contributed by atoms with Gasteiger partial charge in [-0.15, -0.1) is 0 Å². The zero-order valence-electron chi connectivity index (χ0n) is 34.9. The Balaban J connectivity index is 1.29. The van der Waals surface area contributed by atoms with Crippen molar-refractivity contribution in [3.8, 4) is 73.0 Å². The van der Waals surface area contributed by atoms with Crippen molar-refractivity contribution < 1.29 is 13.2 Å². The Hall–Kier alpha value is -7.57. The Morgan fingerprint density at radius 2 is 1.08 bits per heavy atom. The highest BCUT2D eigenvalue weighted by molar-refractivity contribution is 6.15. The van der Waals surface area contributed by atoms with Crippen molar-refractivity contribution in [3.63, 3.8) is 0 Å². The molecule has 2 aromatic heterocycles. The molecule has 0 spiro atoms. The van der Waals surface area contributed by atoms with E-state index in [2.05, 4.69) is 104 Å². The van der Waals surface area contributed by atoms with E-state index >= 15 is 0 Å². The maximum atomic E-state index is 14.7. The molecule has 0 radical (unpaired) electrons. The normalized spacial score (nSPS) is 13.0. The van der Waals surface area contributed by atoms with E-state index < -0.39 is 11.7 Å². The summed E-state index contributed by atoms with van der Waals surface area (Å²) >= 11 is 0. The molecule has 63 heavy (non-hydrogen) atoms. The summed E-state index contributed by atoms with van der Waals surface area (Å²) in [6, 6.07) is 61.5. The van der Waals surface area contributed by atoms with Gasteiger partial charge in [-0.1, -0.05) is 165 Å². The molecule has 8 aromatic carbocycles. The fourth-order valence-electron chi connectivity index (χ4n) is 9.78. The first kappa shape index (κ1) is 38.4. The third-order valence-corrected chi connectivity index (χ3v) is 12.6. The van der Waals surface area contributed by atoms with Crippen LogP contribution in [-0.4, -0.2) is 14.5 Å². The second-order valence-electron chi connectivity index (χ2n) is 17.0. The van der Waals surface area contributed by atoms with E-state index in [1.807, 2.05) is 84.9 Å². The number of aromatic nitrogens is 3. The summed E-state index contributed by atoms with van der Waals surface area (Å²) in [5, 5.41) is 2.21. The first-order valence-corrected chi connectivity index (χ1v) is 21.1. The van der Waals surface area contributed by atoms with Crippen LogP contribution in [-0.2, 0) is 11.6 Å². The quantitative estimate of drug-likeness (QED) is 0.167. The molecule has 0 unspecified atom stereocenters.